The fourth-order valence-corrected chi connectivity index (χ4v) is 0.810. The van der Waals surface area contributed by atoms with E-state index in [4.69, 9.17) is 5.11 Å². The highest BCUT2D eigenvalue weighted by Gasteiger charge is 2.11. The van der Waals surface area contributed by atoms with Gasteiger partial charge in [-0.2, -0.15) is 0 Å². The van der Waals surface area contributed by atoms with Gasteiger partial charge in [0.25, 0.3) is 0 Å². The second kappa shape index (κ2) is 5.40. The molecule has 0 fully saturated rings. The van der Waals surface area contributed by atoms with Gasteiger partial charge in [-0.25, -0.2) is 4.79 Å². The fraction of sp³-hybridized carbons (Fsp3) is 0.364. The number of aliphatic carboxylic acids is 1. The van der Waals surface area contributed by atoms with E-state index >= 15 is 0 Å². The number of aliphatic hydroxyl groups is 1. The van der Waals surface area contributed by atoms with Crippen LogP contribution in [0.4, 0.5) is 0 Å². The zero-order valence-corrected chi connectivity index (χ0v) is 8.53. The maximum absolute atomic E-state index is 10.3. The van der Waals surface area contributed by atoms with E-state index in [-0.39, 0.29) is 0 Å². The highest BCUT2D eigenvalue weighted by atomic mass is 16.4. The summed E-state index contributed by atoms with van der Waals surface area (Å²) in [6, 6.07) is 0. The Bertz CT molecular complexity index is 272. The van der Waals surface area contributed by atoms with Crippen LogP contribution in [-0.4, -0.2) is 21.8 Å². The van der Waals surface area contributed by atoms with E-state index < -0.39 is 11.6 Å². The quantitative estimate of drug-likeness (QED) is 0.401. The van der Waals surface area contributed by atoms with Crippen molar-refractivity contribution < 1.29 is 15.0 Å². The average Bonchev–Trinajstić information content (AvgIpc) is 2.02. The van der Waals surface area contributed by atoms with Gasteiger partial charge in [-0.3, -0.25) is 0 Å². The SMILES string of the molecule is C=CC(C)(O)C/C=C/C(C)=C/C(=O)O. The summed E-state index contributed by atoms with van der Waals surface area (Å²) in [5.41, 5.74) is -0.294. The lowest BCUT2D eigenvalue weighted by Gasteiger charge is -2.14. The fourth-order valence-electron chi connectivity index (χ4n) is 0.810. The normalized spacial score (nSPS) is 16.6. The second-order valence-corrected chi connectivity index (χ2v) is 3.39. The predicted molar refractivity (Wildman–Crippen MR) is 56.0 cm³/mol. The van der Waals surface area contributed by atoms with Gasteiger partial charge in [-0.1, -0.05) is 18.2 Å². The lowest BCUT2D eigenvalue weighted by atomic mass is 10.0. The van der Waals surface area contributed by atoms with Crippen LogP contribution in [0, 0.1) is 0 Å². The van der Waals surface area contributed by atoms with Crippen LogP contribution in [0.2, 0.25) is 0 Å². The molecule has 1 unspecified atom stereocenters. The van der Waals surface area contributed by atoms with Gasteiger partial charge in [-0.15, -0.1) is 6.58 Å². The van der Waals surface area contributed by atoms with Gasteiger partial charge >= 0.3 is 5.97 Å². The highest BCUT2D eigenvalue weighted by molar-refractivity contribution is 5.81. The van der Waals surface area contributed by atoms with Crippen LogP contribution in [0.1, 0.15) is 20.3 Å². The van der Waals surface area contributed by atoms with Crippen molar-refractivity contribution in [1.82, 2.24) is 0 Å². The van der Waals surface area contributed by atoms with Gasteiger partial charge in [0.2, 0.25) is 0 Å². The van der Waals surface area contributed by atoms with Gasteiger partial charge in [0.1, 0.15) is 0 Å². The molecule has 0 bridgehead atoms. The Morgan fingerprint density at radius 3 is 2.57 bits per heavy atom. The molecular formula is C11H16O3. The van der Waals surface area contributed by atoms with Crippen molar-refractivity contribution in [3.8, 4) is 0 Å². The molecule has 3 nitrogen and oxygen atoms in total. The number of rotatable bonds is 5. The summed E-state index contributed by atoms with van der Waals surface area (Å²) in [6.07, 6.45) is 6.36. The van der Waals surface area contributed by atoms with Crippen LogP contribution in [0.3, 0.4) is 0 Å². The molecule has 0 amide bonds. The summed E-state index contributed by atoms with van der Waals surface area (Å²) >= 11 is 0. The Balaban J connectivity index is 4.20. The van der Waals surface area contributed by atoms with Gasteiger partial charge in [0, 0.05) is 6.08 Å². The summed E-state index contributed by atoms with van der Waals surface area (Å²) in [6.45, 7) is 6.81. The minimum Gasteiger partial charge on any atom is -0.478 e. The monoisotopic (exact) mass is 196 g/mol. The molecule has 0 aliphatic heterocycles. The molecule has 2 N–H and O–H groups in total. The molecule has 0 aliphatic rings. The molecule has 0 radical (unpaired) electrons. The van der Waals surface area contributed by atoms with Gasteiger partial charge in [0.15, 0.2) is 0 Å². The number of allylic oxidation sites excluding steroid dienone is 2. The van der Waals surface area contributed by atoms with Gasteiger partial charge < -0.3 is 10.2 Å². The minimum absolute atomic E-state index is 0.418. The number of carbonyl (C=O) groups is 1. The summed E-state index contributed by atoms with van der Waals surface area (Å²) in [4.78, 5) is 10.3. The standard InChI is InChI=1S/C11H16O3/c1-4-11(3,14)7-5-6-9(2)8-10(12)13/h4-6,8,14H,1,7H2,2-3H3,(H,12,13)/b6-5+,9-8+. The first kappa shape index (κ1) is 12.7. The molecule has 0 saturated carbocycles. The van der Waals surface area contributed by atoms with E-state index in [2.05, 4.69) is 6.58 Å². The van der Waals surface area contributed by atoms with Crippen LogP contribution in [0.15, 0.2) is 36.5 Å². The first-order valence-corrected chi connectivity index (χ1v) is 4.31. The van der Waals surface area contributed by atoms with Crippen LogP contribution in [0.5, 0.6) is 0 Å². The Hall–Kier alpha value is -1.35. The summed E-state index contributed by atoms with van der Waals surface area (Å²) < 4.78 is 0. The van der Waals surface area contributed by atoms with Gasteiger partial charge in [0.05, 0.1) is 5.60 Å². The number of carboxylic acid groups (broad SMARTS) is 1. The van der Waals surface area contributed by atoms with Crippen molar-refractivity contribution in [2.24, 2.45) is 0 Å². The van der Waals surface area contributed by atoms with Crippen LogP contribution >= 0.6 is 0 Å². The maximum Gasteiger partial charge on any atom is 0.328 e. The Morgan fingerprint density at radius 2 is 2.14 bits per heavy atom. The molecule has 0 aromatic rings. The third-order valence-electron chi connectivity index (χ3n) is 1.70. The first-order valence-electron chi connectivity index (χ1n) is 4.31. The number of hydrogen-bond acceptors (Lipinski definition) is 2. The van der Waals surface area contributed by atoms with Crippen molar-refractivity contribution in [3.63, 3.8) is 0 Å². The van der Waals surface area contributed by atoms with E-state index in [1.54, 1.807) is 26.0 Å². The lowest BCUT2D eigenvalue weighted by Crippen LogP contribution is -2.18. The molecular weight excluding hydrogens is 180 g/mol. The molecule has 3 heteroatoms. The van der Waals surface area contributed by atoms with E-state index in [0.717, 1.165) is 6.08 Å². The van der Waals surface area contributed by atoms with E-state index in [1.165, 1.54) is 6.08 Å². The first-order chi connectivity index (χ1) is 6.37. The van der Waals surface area contributed by atoms with Crippen LogP contribution < -0.4 is 0 Å². The molecule has 0 rings (SSSR count). The molecule has 78 valence electrons. The second-order valence-electron chi connectivity index (χ2n) is 3.39. The topological polar surface area (TPSA) is 57.5 Å². The Morgan fingerprint density at radius 1 is 1.57 bits per heavy atom. The van der Waals surface area contributed by atoms with Crippen molar-refractivity contribution in [1.29, 1.82) is 0 Å². The molecule has 0 aliphatic carbocycles. The third kappa shape index (κ3) is 6.20. The van der Waals surface area contributed by atoms with E-state index in [1.807, 2.05) is 0 Å². The lowest BCUT2D eigenvalue weighted by molar-refractivity contribution is -0.131. The zero-order chi connectivity index (χ0) is 11.2. The third-order valence-corrected chi connectivity index (χ3v) is 1.70. The van der Waals surface area contributed by atoms with Crippen molar-refractivity contribution in [3.05, 3.63) is 36.5 Å². The van der Waals surface area contributed by atoms with E-state index in [0.29, 0.717) is 12.0 Å². The minimum atomic E-state index is -0.970. The smallest absolute Gasteiger partial charge is 0.328 e. The number of carboxylic acids is 1. The molecule has 1 atom stereocenters. The molecule has 0 aromatic heterocycles. The molecule has 0 spiro atoms. The van der Waals surface area contributed by atoms with Crippen molar-refractivity contribution >= 4 is 5.97 Å². The maximum atomic E-state index is 10.3. The summed E-state index contributed by atoms with van der Waals surface area (Å²) in [5.74, 6) is -0.970. The van der Waals surface area contributed by atoms with Crippen LogP contribution in [0.25, 0.3) is 0 Å². The van der Waals surface area contributed by atoms with Crippen LogP contribution in [-0.2, 0) is 4.79 Å². The summed E-state index contributed by atoms with van der Waals surface area (Å²) in [5, 5.41) is 17.9. The van der Waals surface area contributed by atoms with Crippen molar-refractivity contribution in [2.75, 3.05) is 0 Å². The van der Waals surface area contributed by atoms with Gasteiger partial charge in [-0.05, 0) is 25.8 Å². The highest BCUT2D eigenvalue weighted by Crippen LogP contribution is 2.11. The Kier molecular flexibility index (Phi) is 4.87. The molecule has 14 heavy (non-hydrogen) atoms. The molecule has 0 aromatic carbocycles. The molecule has 0 heterocycles. The Labute approximate surface area is 84.1 Å². The molecule has 0 saturated heterocycles. The average molecular weight is 196 g/mol. The number of hydrogen-bond donors (Lipinski definition) is 2. The largest absolute Gasteiger partial charge is 0.478 e. The van der Waals surface area contributed by atoms with E-state index in [9.17, 15) is 9.90 Å². The zero-order valence-electron chi connectivity index (χ0n) is 8.53. The predicted octanol–water partition coefficient (Wildman–Crippen LogP) is 1.90. The van der Waals surface area contributed by atoms with Crippen molar-refractivity contribution in [2.45, 2.75) is 25.9 Å². The summed E-state index contributed by atoms with van der Waals surface area (Å²) in [7, 11) is 0.